The number of ether oxygens (including phenoxy) is 3. The van der Waals surface area contributed by atoms with Crippen molar-refractivity contribution >= 4 is 39.3 Å². The van der Waals surface area contributed by atoms with Gasteiger partial charge in [0.1, 0.15) is 17.5 Å². The summed E-state index contributed by atoms with van der Waals surface area (Å²) in [5.41, 5.74) is 5.12. The molecule has 1 atom stereocenters. The summed E-state index contributed by atoms with van der Waals surface area (Å²) in [6, 6.07) is 14.7. The van der Waals surface area contributed by atoms with Crippen molar-refractivity contribution in [2.24, 2.45) is 4.99 Å². The third kappa shape index (κ3) is 5.17. The molecule has 0 fully saturated rings. The van der Waals surface area contributed by atoms with Crippen molar-refractivity contribution in [1.29, 1.82) is 0 Å². The Labute approximate surface area is 250 Å². The Morgan fingerprint density at radius 1 is 1.07 bits per heavy atom. The van der Waals surface area contributed by atoms with Crippen LogP contribution in [0, 0.1) is 13.8 Å². The normalized spacial score (nSPS) is 15.0. The van der Waals surface area contributed by atoms with Crippen molar-refractivity contribution in [2.75, 3.05) is 20.8 Å². The van der Waals surface area contributed by atoms with E-state index in [1.54, 1.807) is 50.8 Å². The zero-order valence-electron chi connectivity index (χ0n) is 23.6. The van der Waals surface area contributed by atoms with Crippen molar-refractivity contribution < 1.29 is 19.0 Å². The highest BCUT2D eigenvalue weighted by Gasteiger charge is 2.35. The van der Waals surface area contributed by atoms with Gasteiger partial charge in [-0.2, -0.15) is 0 Å². The lowest BCUT2D eigenvalue weighted by atomic mass is 9.94. The Hall–Kier alpha value is -3.89. The summed E-state index contributed by atoms with van der Waals surface area (Å²) in [5.74, 6) is 0.553. The molecule has 1 aliphatic rings. The standard InChI is InChI=1S/C31H30BrN3O5S/c1-7-40-30(37)27-18(3)33-31-35(28(27)24-16-23(38-5)12-13-25(24)39-6)29(36)26(41-31)15-20-14-17(2)34(19(20)4)22-10-8-21(32)9-11-22/h8-16,28H,7H2,1-6H3/b26-15+/t28-/m0/s1. The van der Waals surface area contributed by atoms with Gasteiger partial charge in [0, 0.05) is 27.1 Å². The minimum Gasteiger partial charge on any atom is -0.497 e. The Morgan fingerprint density at radius 2 is 1.80 bits per heavy atom. The number of thiazole rings is 1. The van der Waals surface area contributed by atoms with Crippen molar-refractivity contribution in [3.8, 4) is 17.2 Å². The van der Waals surface area contributed by atoms with E-state index >= 15 is 0 Å². The zero-order chi connectivity index (χ0) is 29.4. The number of esters is 1. The highest BCUT2D eigenvalue weighted by Crippen LogP contribution is 2.38. The molecule has 4 aromatic rings. The number of hydrogen-bond donors (Lipinski definition) is 0. The van der Waals surface area contributed by atoms with E-state index in [-0.39, 0.29) is 17.7 Å². The third-order valence-corrected chi connectivity index (χ3v) is 8.60. The molecule has 3 heterocycles. The van der Waals surface area contributed by atoms with Crippen molar-refractivity contribution in [1.82, 2.24) is 9.13 Å². The fourth-order valence-electron chi connectivity index (χ4n) is 5.20. The number of allylic oxidation sites excluding steroid dienone is 1. The molecule has 0 saturated carbocycles. The number of methoxy groups -OCH3 is 2. The van der Waals surface area contributed by atoms with E-state index < -0.39 is 12.0 Å². The Kier molecular flexibility index (Phi) is 8.06. The van der Waals surface area contributed by atoms with Crippen LogP contribution in [0.4, 0.5) is 0 Å². The SMILES string of the molecule is CCOC(=O)C1=C(C)N=c2s/c(=C/c3cc(C)n(-c4ccc(Br)cc4)c3C)c(=O)n2[C@H]1c1cc(OC)ccc1OC. The summed E-state index contributed by atoms with van der Waals surface area (Å²) in [5, 5.41) is 0. The van der Waals surface area contributed by atoms with Gasteiger partial charge >= 0.3 is 5.97 Å². The predicted molar refractivity (Wildman–Crippen MR) is 163 cm³/mol. The number of rotatable bonds is 7. The summed E-state index contributed by atoms with van der Waals surface area (Å²) >= 11 is 4.78. The molecule has 8 nitrogen and oxygen atoms in total. The number of carbonyl (C=O) groups is 1. The van der Waals surface area contributed by atoms with Gasteiger partial charge in [-0.05, 0) is 87.9 Å². The number of hydrogen-bond acceptors (Lipinski definition) is 7. The monoisotopic (exact) mass is 635 g/mol. The molecule has 10 heteroatoms. The highest BCUT2D eigenvalue weighted by atomic mass is 79.9. The molecule has 0 N–H and O–H groups in total. The maximum atomic E-state index is 14.1. The van der Waals surface area contributed by atoms with Crippen molar-refractivity contribution in [2.45, 2.75) is 33.7 Å². The quantitative estimate of drug-likeness (QED) is 0.267. The Bertz CT molecular complexity index is 1860. The van der Waals surface area contributed by atoms with Gasteiger partial charge < -0.3 is 18.8 Å². The molecule has 0 aliphatic carbocycles. The molecule has 5 rings (SSSR count). The summed E-state index contributed by atoms with van der Waals surface area (Å²) in [6.07, 6.45) is 1.89. The fourth-order valence-corrected chi connectivity index (χ4v) is 6.50. The second-order valence-corrected chi connectivity index (χ2v) is 11.5. The minimum absolute atomic E-state index is 0.190. The Morgan fingerprint density at radius 3 is 2.46 bits per heavy atom. The van der Waals surface area contributed by atoms with Crippen LogP contribution in [0.1, 0.15) is 42.4 Å². The summed E-state index contributed by atoms with van der Waals surface area (Å²) in [7, 11) is 3.12. The van der Waals surface area contributed by atoms with E-state index in [0.717, 1.165) is 27.1 Å². The van der Waals surface area contributed by atoms with Gasteiger partial charge in [0.05, 0.1) is 36.6 Å². The molecule has 0 saturated heterocycles. The average Bonchev–Trinajstić information content (AvgIpc) is 3.41. The van der Waals surface area contributed by atoms with Crippen molar-refractivity contribution in [3.63, 3.8) is 0 Å². The van der Waals surface area contributed by atoms with Crippen LogP contribution in [-0.2, 0) is 9.53 Å². The largest absolute Gasteiger partial charge is 0.497 e. The molecule has 0 spiro atoms. The highest BCUT2D eigenvalue weighted by molar-refractivity contribution is 9.10. The maximum Gasteiger partial charge on any atom is 0.338 e. The third-order valence-electron chi connectivity index (χ3n) is 7.09. The van der Waals surface area contributed by atoms with Gasteiger partial charge in [-0.15, -0.1) is 0 Å². The number of halogens is 1. The molecule has 0 bridgehead atoms. The molecule has 0 unspecified atom stereocenters. The lowest BCUT2D eigenvalue weighted by Crippen LogP contribution is -2.40. The molecule has 0 radical (unpaired) electrons. The number of aryl methyl sites for hydroxylation is 1. The van der Waals surface area contributed by atoms with E-state index in [4.69, 9.17) is 14.2 Å². The minimum atomic E-state index is -0.812. The van der Waals surface area contributed by atoms with Crippen LogP contribution >= 0.6 is 27.3 Å². The molecular formula is C31H30BrN3O5S. The van der Waals surface area contributed by atoms with Crippen LogP contribution in [0.25, 0.3) is 11.8 Å². The van der Waals surface area contributed by atoms with Gasteiger partial charge in [0.15, 0.2) is 4.80 Å². The number of aromatic nitrogens is 2. The van der Waals surface area contributed by atoms with E-state index in [1.807, 2.05) is 44.2 Å². The first-order valence-corrected chi connectivity index (χ1v) is 14.7. The Balaban J connectivity index is 1.73. The number of carbonyl (C=O) groups excluding carboxylic acids is 1. The number of fused-ring (bicyclic) bond motifs is 1. The summed E-state index contributed by atoms with van der Waals surface area (Å²) in [6.45, 7) is 7.77. The first-order chi connectivity index (χ1) is 19.7. The van der Waals surface area contributed by atoms with Gasteiger partial charge in [-0.3, -0.25) is 9.36 Å². The van der Waals surface area contributed by atoms with Crippen LogP contribution in [0.3, 0.4) is 0 Å². The first kappa shape index (κ1) is 28.6. The van der Waals surface area contributed by atoms with Crippen LogP contribution in [0.15, 0.2) is 74.1 Å². The van der Waals surface area contributed by atoms with Crippen LogP contribution in [0.2, 0.25) is 0 Å². The second-order valence-electron chi connectivity index (χ2n) is 9.55. The van der Waals surface area contributed by atoms with Crippen LogP contribution < -0.4 is 24.4 Å². The molecule has 0 amide bonds. The summed E-state index contributed by atoms with van der Waals surface area (Å²) in [4.78, 5) is 32.6. The van der Waals surface area contributed by atoms with E-state index in [0.29, 0.717) is 32.1 Å². The van der Waals surface area contributed by atoms with Crippen molar-refractivity contribution in [3.05, 3.63) is 106 Å². The first-order valence-electron chi connectivity index (χ1n) is 13.0. The number of nitrogens with zero attached hydrogens (tertiary/aromatic N) is 3. The van der Waals surface area contributed by atoms with E-state index in [9.17, 15) is 9.59 Å². The molecule has 41 heavy (non-hydrogen) atoms. The van der Waals surface area contributed by atoms with Crippen LogP contribution in [-0.4, -0.2) is 35.9 Å². The lowest BCUT2D eigenvalue weighted by molar-refractivity contribution is -0.139. The molecule has 2 aromatic carbocycles. The predicted octanol–water partition coefficient (Wildman–Crippen LogP) is 4.99. The zero-order valence-corrected chi connectivity index (χ0v) is 26.1. The molecule has 2 aromatic heterocycles. The van der Waals surface area contributed by atoms with Gasteiger partial charge in [-0.25, -0.2) is 9.79 Å². The van der Waals surface area contributed by atoms with Gasteiger partial charge in [-0.1, -0.05) is 27.3 Å². The van der Waals surface area contributed by atoms with Crippen LogP contribution in [0.5, 0.6) is 11.5 Å². The van der Waals surface area contributed by atoms with E-state index in [2.05, 4.69) is 31.6 Å². The fraction of sp³-hybridized carbons (Fsp3) is 0.258. The van der Waals surface area contributed by atoms with E-state index in [1.165, 1.54) is 11.3 Å². The lowest BCUT2D eigenvalue weighted by Gasteiger charge is -2.26. The maximum absolute atomic E-state index is 14.1. The average molecular weight is 637 g/mol. The topological polar surface area (TPSA) is 84.1 Å². The van der Waals surface area contributed by atoms with Gasteiger partial charge in [0.2, 0.25) is 0 Å². The number of benzene rings is 2. The summed E-state index contributed by atoms with van der Waals surface area (Å²) < 4.78 is 21.8. The molecule has 1 aliphatic heterocycles. The van der Waals surface area contributed by atoms with Gasteiger partial charge in [0.25, 0.3) is 5.56 Å². The smallest absolute Gasteiger partial charge is 0.338 e. The molecule has 212 valence electrons. The molecular weight excluding hydrogens is 606 g/mol. The second kappa shape index (κ2) is 11.5.